The number of aryl methyl sites for hydroxylation is 1. The topological polar surface area (TPSA) is 174 Å². The molecular weight excluding hydrogens is 737 g/mol. The van der Waals surface area contributed by atoms with Crippen molar-refractivity contribution >= 4 is 0 Å². The minimum absolute atomic E-state index is 0.212. The van der Waals surface area contributed by atoms with Crippen molar-refractivity contribution in [3.05, 3.63) is 11.9 Å². The Kier molecular flexibility index (Phi) is 31.4. The molecule has 0 amide bonds. The van der Waals surface area contributed by atoms with E-state index in [4.69, 9.17) is 9.47 Å². The molecule has 0 aromatic carbocycles. The maximum Gasteiger partial charge on any atom is 0.186 e. The van der Waals surface area contributed by atoms with Crippen molar-refractivity contribution in [2.75, 3.05) is 32.8 Å². The molecule has 1 aliphatic heterocycles. The third-order valence-corrected chi connectivity index (χ3v) is 12.1. The van der Waals surface area contributed by atoms with Gasteiger partial charge in [-0.3, -0.25) is 0 Å². The van der Waals surface area contributed by atoms with Gasteiger partial charge in [0.15, 0.2) is 6.29 Å². The van der Waals surface area contributed by atoms with Gasteiger partial charge in [0.1, 0.15) is 36.6 Å². The highest BCUT2D eigenvalue weighted by molar-refractivity contribution is 4.96. The van der Waals surface area contributed by atoms with Gasteiger partial charge in [-0.15, -0.1) is 5.10 Å². The number of aromatic nitrogens is 3. The van der Waals surface area contributed by atoms with E-state index in [9.17, 15) is 30.6 Å². The monoisotopic (exact) mass is 827 g/mol. The first-order chi connectivity index (χ1) is 28.3. The number of rotatable bonds is 39. The van der Waals surface area contributed by atoms with Gasteiger partial charge in [-0.2, -0.15) is 0 Å². The molecule has 12 nitrogen and oxygen atoms in total. The van der Waals surface area contributed by atoms with Crippen LogP contribution in [0.1, 0.15) is 206 Å². The van der Waals surface area contributed by atoms with Gasteiger partial charge < -0.3 is 45.0 Å². The lowest BCUT2D eigenvalue weighted by Crippen LogP contribution is -2.59. The molecule has 5 unspecified atom stereocenters. The van der Waals surface area contributed by atoms with E-state index < -0.39 is 55.6 Å². The summed E-state index contributed by atoms with van der Waals surface area (Å²) in [7, 11) is 0. The van der Waals surface area contributed by atoms with E-state index in [1.807, 2.05) is 0 Å². The van der Waals surface area contributed by atoms with Crippen LogP contribution in [-0.4, -0.2) is 126 Å². The number of hydrogen-bond acceptors (Lipinski definition) is 11. The van der Waals surface area contributed by atoms with Crippen LogP contribution >= 0.6 is 0 Å². The Balaban J connectivity index is 1.88. The SMILES string of the molecule is CCCCCCCCCCCCCC[C@@H](O)[C@@H](O)[C@H](COC1OC(CO)C(O)C(O)C1O)n1cc(CCCCCCN(CCCCCCC)CCCCCCC)nn1. The summed E-state index contributed by atoms with van der Waals surface area (Å²) in [4.78, 5) is 2.69. The molecule has 0 radical (unpaired) electrons. The van der Waals surface area contributed by atoms with Crippen LogP contribution in [-0.2, 0) is 15.9 Å². The molecule has 0 saturated carbocycles. The van der Waals surface area contributed by atoms with Crippen LogP contribution in [0.4, 0.5) is 0 Å². The molecule has 1 aromatic rings. The largest absolute Gasteiger partial charge is 0.394 e. The molecule has 58 heavy (non-hydrogen) atoms. The highest BCUT2D eigenvalue weighted by atomic mass is 16.7. The molecule has 8 atom stereocenters. The molecule has 342 valence electrons. The van der Waals surface area contributed by atoms with E-state index >= 15 is 0 Å². The average Bonchev–Trinajstić information content (AvgIpc) is 3.70. The molecule has 0 aliphatic carbocycles. The summed E-state index contributed by atoms with van der Waals surface area (Å²) in [6.45, 7) is 9.58. The molecule has 0 bridgehead atoms. The van der Waals surface area contributed by atoms with Crippen LogP contribution in [0.15, 0.2) is 6.20 Å². The molecular formula is C46H90N4O8. The zero-order valence-electron chi connectivity index (χ0n) is 37.3. The molecule has 1 saturated heterocycles. The Morgan fingerprint density at radius 1 is 0.638 bits per heavy atom. The summed E-state index contributed by atoms with van der Waals surface area (Å²) in [6.07, 6.45) is 25.7. The number of hydrogen-bond donors (Lipinski definition) is 6. The standard InChI is InChI=1S/C46H90N4O8/c1-4-7-10-13-14-15-16-17-18-19-20-26-31-40(52)42(53)39(37-57-46-45(56)44(55)43(54)41(36-51)58-46)50-35-38(47-48-50)30-25-21-24-29-34-49(32-27-22-11-8-5-2)33-28-23-12-9-6-3/h35,39-46,51-56H,4-34,36-37H2,1-3H3/t39-,40+,41?,42-,43?,44?,45?,46?/m0/s1. The van der Waals surface area contributed by atoms with Gasteiger partial charge in [0.25, 0.3) is 0 Å². The van der Waals surface area contributed by atoms with E-state index in [0.717, 1.165) is 57.2 Å². The fourth-order valence-electron chi connectivity index (χ4n) is 8.15. The van der Waals surface area contributed by atoms with E-state index in [1.165, 1.54) is 146 Å². The van der Waals surface area contributed by atoms with Crippen LogP contribution in [0, 0.1) is 0 Å². The van der Waals surface area contributed by atoms with Gasteiger partial charge in [-0.05, 0) is 58.2 Å². The number of aliphatic hydroxyl groups is 6. The van der Waals surface area contributed by atoms with Gasteiger partial charge in [0.05, 0.1) is 25.0 Å². The maximum absolute atomic E-state index is 11.5. The van der Waals surface area contributed by atoms with E-state index in [1.54, 1.807) is 6.20 Å². The van der Waals surface area contributed by atoms with Crippen molar-refractivity contribution in [2.24, 2.45) is 0 Å². The minimum Gasteiger partial charge on any atom is -0.394 e. The first-order valence-corrected chi connectivity index (χ1v) is 24.2. The highest BCUT2D eigenvalue weighted by Gasteiger charge is 2.44. The van der Waals surface area contributed by atoms with E-state index in [2.05, 4.69) is 36.0 Å². The Morgan fingerprint density at radius 3 is 1.60 bits per heavy atom. The third kappa shape index (κ3) is 22.6. The summed E-state index contributed by atoms with van der Waals surface area (Å²) in [5.74, 6) is 0. The summed E-state index contributed by atoms with van der Waals surface area (Å²) < 4.78 is 12.9. The molecule has 6 N–H and O–H groups in total. The molecule has 1 aliphatic rings. The Hall–Kier alpha value is -1.22. The van der Waals surface area contributed by atoms with E-state index in [-0.39, 0.29) is 6.61 Å². The molecule has 2 heterocycles. The normalized spacial score (nSPS) is 21.5. The third-order valence-electron chi connectivity index (χ3n) is 12.1. The second kappa shape index (κ2) is 34.4. The number of ether oxygens (including phenoxy) is 2. The lowest BCUT2D eigenvalue weighted by molar-refractivity contribution is -0.304. The Labute approximate surface area is 353 Å². The fraction of sp³-hybridized carbons (Fsp3) is 0.957. The van der Waals surface area contributed by atoms with Crippen molar-refractivity contribution in [3.63, 3.8) is 0 Å². The second-order valence-electron chi connectivity index (χ2n) is 17.4. The predicted molar refractivity (Wildman–Crippen MR) is 233 cm³/mol. The van der Waals surface area contributed by atoms with E-state index in [0.29, 0.717) is 6.42 Å². The zero-order chi connectivity index (χ0) is 42.2. The molecule has 1 aromatic heterocycles. The average molecular weight is 827 g/mol. The van der Waals surface area contributed by atoms with Gasteiger partial charge in [0.2, 0.25) is 0 Å². The van der Waals surface area contributed by atoms with Crippen LogP contribution < -0.4 is 0 Å². The molecule has 1 fully saturated rings. The smallest absolute Gasteiger partial charge is 0.186 e. The van der Waals surface area contributed by atoms with Gasteiger partial charge in [-0.1, -0.05) is 167 Å². The summed E-state index contributed by atoms with van der Waals surface area (Å²) in [5.41, 5.74) is 0.793. The minimum atomic E-state index is -1.58. The number of unbranched alkanes of at least 4 members (excludes halogenated alkanes) is 22. The fourth-order valence-corrected chi connectivity index (χ4v) is 8.15. The van der Waals surface area contributed by atoms with Gasteiger partial charge in [0, 0.05) is 6.20 Å². The van der Waals surface area contributed by atoms with Crippen molar-refractivity contribution in [1.82, 2.24) is 19.9 Å². The Morgan fingerprint density at radius 2 is 1.10 bits per heavy atom. The molecule has 0 spiro atoms. The number of nitrogens with zero attached hydrogens (tertiary/aromatic N) is 4. The summed E-state index contributed by atoms with van der Waals surface area (Å²) in [5, 5.41) is 72.0. The van der Waals surface area contributed by atoms with Gasteiger partial charge in [-0.25, -0.2) is 4.68 Å². The lowest BCUT2D eigenvalue weighted by atomic mass is 9.98. The summed E-state index contributed by atoms with van der Waals surface area (Å²) >= 11 is 0. The highest BCUT2D eigenvalue weighted by Crippen LogP contribution is 2.26. The molecule has 12 heteroatoms. The predicted octanol–water partition coefficient (Wildman–Crippen LogP) is 7.79. The van der Waals surface area contributed by atoms with Crippen molar-refractivity contribution in [2.45, 2.75) is 250 Å². The van der Waals surface area contributed by atoms with Gasteiger partial charge >= 0.3 is 0 Å². The zero-order valence-corrected chi connectivity index (χ0v) is 37.3. The van der Waals surface area contributed by atoms with Crippen molar-refractivity contribution in [3.8, 4) is 0 Å². The quantitative estimate of drug-likeness (QED) is 0.0358. The van der Waals surface area contributed by atoms with Crippen LogP contribution in [0.2, 0.25) is 0 Å². The van der Waals surface area contributed by atoms with Crippen molar-refractivity contribution in [1.29, 1.82) is 0 Å². The second-order valence-corrected chi connectivity index (χ2v) is 17.4. The van der Waals surface area contributed by atoms with Crippen LogP contribution in [0.5, 0.6) is 0 Å². The Bertz CT molecular complexity index is 1050. The number of aliphatic hydroxyl groups excluding tert-OH is 6. The summed E-state index contributed by atoms with van der Waals surface area (Å²) in [6, 6.07) is -0.851. The van der Waals surface area contributed by atoms with Crippen LogP contribution in [0.3, 0.4) is 0 Å². The van der Waals surface area contributed by atoms with Crippen molar-refractivity contribution < 1.29 is 40.1 Å². The first-order valence-electron chi connectivity index (χ1n) is 24.2. The maximum atomic E-state index is 11.5. The lowest BCUT2D eigenvalue weighted by Gasteiger charge is -2.40. The van der Waals surface area contributed by atoms with Crippen LogP contribution in [0.25, 0.3) is 0 Å². The molecule has 2 rings (SSSR count). The first kappa shape index (κ1) is 52.9.